The van der Waals surface area contributed by atoms with Gasteiger partial charge in [-0.1, -0.05) is 72.1 Å². The fourth-order valence-corrected chi connectivity index (χ4v) is 5.28. The second-order valence-corrected chi connectivity index (χ2v) is 9.01. The van der Waals surface area contributed by atoms with E-state index in [0.29, 0.717) is 5.69 Å². The van der Waals surface area contributed by atoms with Gasteiger partial charge in [0.2, 0.25) is 5.91 Å². The summed E-state index contributed by atoms with van der Waals surface area (Å²) in [5.74, 6) is 0.395. The van der Waals surface area contributed by atoms with Gasteiger partial charge < -0.3 is 5.32 Å². The number of thioether (sulfide) groups is 2. The molecule has 3 aromatic rings. The van der Waals surface area contributed by atoms with E-state index in [4.69, 9.17) is 0 Å². The lowest BCUT2D eigenvalue weighted by molar-refractivity contribution is -0.115. The van der Waals surface area contributed by atoms with Crippen LogP contribution in [0.1, 0.15) is 17.7 Å². The second kappa shape index (κ2) is 9.16. The number of benzene rings is 2. The summed E-state index contributed by atoms with van der Waals surface area (Å²) in [4.78, 5) is 12.9. The van der Waals surface area contributed by atoms with Crippen LogP contribution in [0.5, 0.6) is 0 Å². The molecular formula is C18H16FN3OS3. The molecule has 8 heteroatoms. The summed E-state index contributed by atoms with van der Waals surface area (Å²) in [6.07, 6.45) is 0. The van der Waals surface area contributed by atoms with Gasteiger partial charge in [0.15, 0.2) is 8.68 Å². The highest BCUT2D eigenvalue weighted by Crippen LogP contribution is 2.39. The summed E-state index contributed by atoms with van der Waals surface area (Å²) >= 11 is 4.47. The highest BCUT2D eigenvalue weighted by Gasteiger charge is 2.24. The Morgan fingerprint density at radius 2 is 1.81 bits per heavy atom. The maximum atomic E-state index is 13.1. The number of hydrogen-bond acceptors (Lipinski definition) is 6. The van der Waals surface area contributed by atoms with Crippen LogP contribution in [0.15, 0.2) is 63.3 Å². The zero-order valence-corrected chi connectivity index (χ0v) is 16.3. The van der Waals surface area contributed by atoms with E-state index in [1.54, 1.807) is 23.9 Å². The molecule has 1 heterocycles. The normalized spacial score (nSPS) is 11.9. The molecule has 0 saturated heterocycles. The Labute approximate surface area is 163 Å². The van der Waals surface area contributed by atoms with Crippen molar-refractivity contribution in [1.29, 1.82) is 0 Å². The highest BCUT2D eigenvalue weighted by atomic mass is 32.2. The number of amides is 1. The third kappa shape index (κ3) is 5.06. The van der Waals surface area contributed by atoms with Crippen molar-refractivity contribution in [2.24, 2.45) is 0 Å². The van der Waals surface area contributed by atoms with Crippen LogP contribution < -0.4 is 5.32 Å². The van der Waals surface area contributed by atoms with Crippen LogP contribution in [-0.2, 0) is 4.79 Å². The predicted molar refractivity (Wildman–Crippen MR) is 106 cm³/mol. The minimum absolute atomic E-state index is 0.187. The van der Waals surface area contributed by atoms with Gasteiger partial charge in [0, 0.05) is 5.69 Å². The first-order valence-electron chi connectivity index (χ1n) is 7.90. The average Bonchev–Trinajstić information content (AvgIpc) is 3.10. The lowest BCUT2D eigenvalue weighted by atomic mass is 10.1. The molecule has 0 unspecified atom stereocenters. The smallest absolute Gasteiger partial charge is 0.242 e. The standard InChI is InChI=1S/C18H16FN3OS3/c1-2-24-17-21-22-18(26-17)25-15(12-6-4-3-5-7-12)16(23)20-14-10-8-13(19)9-11-14/h3-11,15H,2H2,1H3,(H,20,23)/t15-/m1/s1. The number of aromatic nitrogens is 2. The van der Waals surface area contributed by atoms with Crippen molar-refractivity contribution < 1.29 is 9.18 Å². The molecule has 4 nitrogen and oxygen atoms in total. The van der Waals surface area contributed by atoms with Gasteiger partial charge in [-0.25, -0.2) is 4.39 Å². The Balaban J connectivity index is 1.80. The molecule has 0 aliphatic heterocycles. The van der Waals surface area contributed by atoms with Gasteiger partial charge in [-0.2, -0.15) is 0 Å². The topological polar surface area (TPSA) is 54.9 Å². The summed E-state index contributed by atoms with van der Waals surface area (Å²) in [5.41, 5.74) is 1.43. The second-order valence-electron chi connectivity index (χ2n) is 5.17. The molecule has 0 bridgehead atoms. The van der Waals surface area contributed by atoms with Crippen molar-refractivity contribution in [1.82, 2.24) is 10.2 Å². The lowest BCUT2D eigenvalue weighted by Crippen LogP contribution is -2.19. The molecule has 0 spiro atoms. The van der Waals surface area contributed by atoms with Gasteiger partial charge >= 0.3 is 0 Å². The van der Waals surface area contributed by atoms with Gasteiger partial charge in [0.25, 0.3) is 0 Å². The Kier molecular flexibility index (Phi) is 6.65. The molecule has 1 atom stereocenters. The Morgan fingerprint density at radius 3 is 2.50 bits per heavy atom. The van der Waals surface area contributed by atoms with Crippen LogP contribution in [0.4, 0.5) is 10.1 Å². The van der Waals surface area contributed by atoms with E-state index in [9.17, 15) is 9.18 Å². The molecular weight excluding hydrogens is 389 g/mol. The van der Waals surface area contributed by atoms with Gasteiger partial charge in [-0.05, 0) is 35.6 Å². The minimum Gasteiger partial charge on any atom is -0.325 e. The number of carbonyl (C=O) groups excluding carboxylic acids is 1. The number of hydrogen-bond donors (Lipinski definition) is 1. The molecule has 134 valence electrons. The average molecular weight is 406 g/mol. The van der Waals surface area contributed by atoms with E-state index in [0.717, 1.165) is 20.0 Å². The number of nitrogens with zero attached hydrogens (tertiary/aromatic N) is 2. The fourth-order valence-electron chi connectivity index (χ4n) is 2.17. The van der Waals surface area contributed by atoms with Crippen LogP contribution in [0.3, 0.4) is 0 Å². The van der Waals surface area contributed by atoms with E-state index in [-0.39, 0.29) is 11.7 Å². The molecule has 26 heavy (non-hydrogen) atoms. The summed E-state index contributed by atoms with van der Waals surface area (Å²) in [6.45, 7) is 2.06. The molecule has 1 aromatic heterocycles. The van der Waals surface area contributed by atoms with Gasteiger partial charge in [0.1, 0.15) is 11.1 Å². The summed E-state index contributed by atoms with van der Waals surface area (Å²) in [5, 5.41) is 10.7. The molecule has 2 aromatic carbocycles. The Bertz CT molecular complexity index is 856. The number of rotatable bonds is 7. The fraction of sp³-hybridized carbons (Fsp3) is 0.167. The molecule has 0 aliphatic rings. The monoisotopic (exact) mass is 405 g/mol. The number of nitrogens with one attached hydrogen (secondary N) is 1. The van der Waals surface area contributed by atoms with Crippen LogP contribution in [0.2, 0.25) is 0 Å². The third-order valence-corrected chi connectivity index (χ3v) is 6.60. The SMILES string of the molecule is CCSc1nnc(S[C@@H](C(=O)Nc2ccc(F)cc2)c2ccccc2)s1. The first-order chi connectivity index (χ1) is 12.7. The third-order valence-electron chi connectivity index (χ3n) is 3.33. The predicted octanol–water partition coefficient (Wildman–Crippen LogP) is 5.26. The molecule has 0 aliphatic carbocycles. The van der Waals surface area contributed by atoms with Crippen LogP contribution >= 0.6 is 34.9 Å². The molecule has 0 saturated carbocycles. The summed E-state index contributed by atoms with van der Waals surface area (Å²) < 4.78 is 14.7. The van der Waals surface area contributed by atoms with Crippen molar-refractivity contribution in [3.8, 4) is 0 Å². The van der Waals surface area contributed by atoms with Gasteiger partial charge in [0.05, 0.1) is 0 Å². The zero-order valence-electron chi connectivity index (χ0n) is 13.9. The molecule has 0 fully saturated rings. The van der Waals surface area contributed by atoms with Crippen molar-refractivity contribution in [3.63, 3.8) is 0 Å². The van der Waals surface area contributed by atoms with E-state index < -0.39 is 5.25 Å². The molecule has 1 N–H and O–H groups in total. The van der Waals surface area contributed by atoms with Crippen molar-refractivity contribution in [3.05, 3.63) is 66.0 Å². The Morgan fingerprint density at radius 1 is 1.12 bits per heavy atom. The number of halogens is 1. The van der Waals surface area contributed by atoms with Crippen LogP contribution in [0.25, 0.3) is 0 Å². The summed E-state index contributed by atoms with van der Waals surface area (Å²) in [7, 11) is 0. The van der Waals surface area contributed by atoms with Crippen molar-refractivity contribution in [2.75, 3.05) is 11.1 Å². The summed E-state index contributed by atoms with van der Waals surface area (Å²) in [6, 6.07) is 15.2. The zero-order chi connectivity index (χ0) is 18.4. The highest BCUT2D eigenvalue weighted by molar-refractivity contribution is 8.03. The quantitative estimate of drug-likeness (QED) is 0.543. The molecule has 3 rings (SSSR count). The van der Waals surface area contributed by atoms with Gasteiger partial charge in [-0.15, -0.1) is 10.2 Å². The van der Waals surface area contributed by atoms with Crippen LogP contribution in [0, 0.1) is 5.82 Å². The molecule has 1 amide bonds. The first kappa shape index (κ1) is 18.9. The first-order valence-corrected chi connectivity index (χ1v) is 10.6. The minimum atomic E-state index is -0.478. The van der Waals surface area contributed by atoms with Crippen LogP contribution in [-0.4, -0.2) is 21.9 Å². The largest absolute Gasteiger partial charge is 0.325 e. The van der Waals surface area contributed by atoms with E-state index in [1.165, 1.54) is 35.2 Å². The van der Waals surface area contributed by atoms with E-state index >= 15 is 0 Å². The number of anilines is 1. The van der Waals surface area contributed by atoms with Crippen molar-refractivity contribution >= 4 is 46.5 Å². The lowest BCUT2D eigenvalue weighted by Gasteiger charge is -2.15. The van der Waals surface area contributed by atoms with E-state index in [2.05, 4.69) is 22.4 Å². The maximum Gasteiger partial charge on any atom is 0.242 e. The maximum absolute atomic E-state index is 13.1. The van der Waals surface area contributed by atoms with Crippen molar-refractivity contribution in [2.45, 2.75) is 20.9 Å². The molecule has 0 radical (unpaired) electrons. The van der Waals surface area contributed by atoms with Gasteiger partial charge in [-0.3, -0.25) is 4.79 Å². The number of carbonyl (C=O) groups is 1. The van der Waals surface area contributed by atoms with E-state index in [1.807, 2.05) is 30.3 Å². The Hall–Kier alpha value is -1.90.